The van der Waals surface area contributed by atoms with E-state index in [2.05, 4.69) is 35.3 Å². The fourth-order valence-electron chi connectivity index (χ4n) is 5.64. The molecule has 1 amide bonds. The second-order valence-electron chi connectivity index (χ2n) is 11.8. The average molecular weight is 531 g/mol. The summed E-state index contributed by atoms with van der Waals surface area (Å²) in [6.07, 6.45) is 5.28. The largest absolute Gasteiger partial charge is 0.508 e. The zero-order chi connectivity index (χ0) is 28.0. The van der Waals surface area contributed by atoms with Gasteiger partial charge in [-0.1, -0.05) is 42.5 Å². The van der Waals surface area contributed by atoms with Gasteiger partial charge in [0.25, 0.3) is 5.91 Å². The molecule has 0 bridgehead atoms. The maximum Gasteiger partial charge on any atom is 0.251 e. The molecule has 0 saturated carbocycles. The summed E-state index contributed by atoms with van der Waals surface area (Å²) < 4.78 is 13.9. The van der Waals surface area contributed by atoms with E-state index in [0.717, 1.165) is 49.0 Å². The van der Waals surface area contributed by atoms with Crippen molar-refractivity contribution in [1.82, 2.24) is 10.2 Å². The molecule has 1 saturated heterocycles. The standard InChI is InChI=1S/C34H43FN2O2/c1-24-21-27(6-5-26-16-19-37(20-17-26)23-34(3,4)35)7-13-31(24)29-9-11-30(12-10-29)33(39)36-18-15-28-8-14-32(38)25(2)22-28/h7-14,21-22,26,38H,5-6,15-20,23H2,1-4H3,(H,36,39). The van der Waals surface area contributed by atoms with Crippen LogP contribution in [0.25, 0.3) is 11.1 Å². The predicted octanol–water partition coefficient (Wildman–Crippen LogP) is 7.04. The summed E-state index contributed by atoms with van der Waals surface area (Å²) in [6.45, 7) is 10.4. The molecule has 2 N–H and O–H groups in total. The molecule has 0 atom stereocenters. The number of hydrogen-bond donors (Lipinski definition) is 2. The lowest BCUT2D eigenvalue weighted by Crippen LogP contribution is -2.41. The smallest absolute Gasteiger partial charge is 0.251 e. The number of piperidine rings is 1. The van der Waals surface area contributed by atoms with Crippen molar-refractivity contribution in [2.24, 2.45) is 5.92 Å². The first-order chi connectivity index (χ1) is 18.6. The Morgan fingerprint density at radius 1 is 0.949 bits per heavy atom. The van der Waals surface area contributed by atoms with Crippen LogP contribution >= 0.6 is 0 Å². The number of phenols is 1. The van der Waals surface area contributed by atoms with Gasteiger partial charge in [0.05, 0.1) is 0 Å². The summed E-state index contributed by atoms with van der Waals surface area (Å²) in [6, 6.07) is 20.1. The first-order valence-electron chi connectivity index (χ1n) is 14.3. The van der Waals surface area contributed by atoms with Crippen molar-refractivity contribution in [3.63, 3.8) is 0 Å². The molecule has 0 aliphatic carbocycles. The van der Waals surface area contributed by atoms with Crippen molar-refractivity contribution in [2.75, 3.05) is 26.2 Å². The highest BCUT2D eigenvalue weighted by Gasteiger charge is 2.25. The number of aromatic hydroxyl groups is 1. The highest BCUT2D eigenvalue weighted by Crippen LogP contribution is 2.28. The lowest BCUT2D eigenvalue weighted by molar-refractivity contribution is 0.0941. The fourth-order valence-corrected chi connectivity index (χ4v) is 5.64. The number of aryl methyl sites for hydroxylation is 3. The zero-order valence-electron chi connectivity index (χ0n) is 23.9. The van der Waals surface area contributed by atoms with Crippen LogP contribution in [0.3, 0.4) is 0 Å². The van der Waals surface area contributed by atoms with Gasteiger partial charge in [-0.2, -0.15) is 0 Å². The van der Waals surface area contributed by atoms with E-state index in [9.17, 15) is 14.3 Å². The van der Waals surface area contributed by atoms with E-state index in [1.165, 1.54) is 23.1 Å². The molecular weight excluding hydrogens is 487 g/mol. The topological polar surface area (TPSA) is 52.6 Å². The Balaban J connectivity index is 1.25. The minimum Gasteiger partial charge on any atom is -0.508 e. The van der Waals surface area contributed by atoms with Gasteiger partial charge in [0, 0.05) is 18.7 Å². The Morgan fingerprint density at radius 3 is 2.23 bits per heavy atom. The van der Waals surface area contributed by atoms with Gasteiger partial charge in [0.15, 0.2) is 0 Å². The summed E-state index contributed by atoms with van der Waals surface area (Å²) in [7, 11) is 0. The number of likely N-dealkylation sites (tertiary alicyclic amines) is 1. The molecule has 1 fully saturated rings. The molecule has 1 heterocycles. The number of hydrogen-bond acceptors (Lipinski definition) is 3. The van der Waals surface area contributed by atoms with Gasteiger partial charge in [-0.15, -0.1) is 0 Å². The molecule has 4 nitrogen and oxygen atoms in total. The highest BCUT2D eigenvalue weighted by molar-refractivity contribution is 5.94. The first-order valence-corrected chi connectivity index (χ1v) is 14.3. The SMILES string of the molecule is Cc1cc(CCNC(=O)c2ccc(-c3ccc(CCC4CCN(CC(C)(C)F)CC4)cc3C)cc2)ccc1O. The minimum atomic E-state index is -1.12. The minimum absolute atomic E-state index is 0.0802. The van der Waals surface area contributed by atoms with Crippen LogP contribution in [0.4, 0.5) is 4.39 Å². The maximum atomic E-state index is 13.9. The van der Waals surface area contributed by atoms with E-state index in [1.54, 1.807) is 19.9 Å². The van der Waals surface area contributed by atoms with Crippen molar-refractivity contribution in [3.8, 4) is 16.9 Å². The van der Waals surface area contributed by atoms with Crippen LogP contribution in [-0.2, 0) is 12.8 Å². The van der Waals surface area contributed by atoms with Crippen molar-refractivity contribution in [3.05, 3.63) is 88.5 Å². The molecule has 1 aliphatic heterocycles. The molecule has 208 valence electrons. The van der Waals surface area contributed by atoms with Gasteiger partial charge < -0.3 is 15.3 Å². The fraction of sp³-hybridized carbons (Fsp3) is 0.441. The lowest BCUT2D eigenvalue weighted by Gasteiger charge is -2.34. The number of carbonyl (C=O) groups is 1. The average Bonchev–Trinajstić information content (AvgIpc) is 2.89. The number of phenolic OH excluding ortho intramolecular Hbond substituents is 1. The Morgan fingerprint density at radius 2 is 1.59 bits per heavy atom. The molecule has 3 aromatic carbocycles. The van der Waals surface area contributed by atoms with Gasteiger partial charge >= 0.3 is 0 Å². The molecule has 0 unspecified atom stereocenters. The van der Waals surface area contributed by atoms with E-state index in [0.29, 0.717) is 36.7 Å². The van der Waals surface area contributed by atoms with Crippen LogP contribution in [0, 0.1) is 19.8 Å². The molecule has 0 aromatic heterocycles. The van der Waals surface area contributed by atoms with Crippen LogP contribution in [0.15, 0.2) is 60.7 Å². The number of rotatable bonds is 10. The molecule has 0 radical (unpaired) electrons. The van der Waals surface area contributed by atoms with E-state index >= 15 is 0 Å². The summed E-state index contributed by atoms with van der Waals surface area (Å²) >= 11 is 0. The van der Waals surface area contributed by atoms with Crippen LogP contribution < -0.4 is 5.32 Å². The molecule has 0 spiro atoms. The summed E-state index contributed by atoms with van der Waals surface area (Å²) in [5.41, 5.74) is 6.37. The van der Waals surface area contributed by atoms with Crippen molar-refractivity contribution in [1.29, 1.82) is 0 Å². The van der Waals surface area contributed by atoms with Crippen molar-refractivity contribution < 1.29 is 14.3 Å². The van der Waals surface area contributed by atoms with E-state index in [1.807, 2.05) is 43.3 Å². The molecule has 3 aromatic rings. The second kappa shape index (κ2) is 12.8. The van der Waals surface area contributed by atoms with Crippen LogP contribution in [0.1, 0.15) is 65.7 Å². The molecule has 4 rings (SSSR count). The number of nitrogens with one attached hydrogen (secondary N) is 1. The lowest BCUT2D eigenvalue weighted by atomic mass is 9.89. The predicted molar refractivity (Wildman–Crippen MR) is 158 cm³/mol. The monoisotopic (exact) mass is 530 g/mol. The molecular formula is C34H43FN2O2. The van der Waals surface area contributed by atoms with E-state index in [-0.39, 0.29) is 5.91 Å². The number of benzene rings is 3. The summed E-state index contributed by atoms with van der Waals surface area (Å²) in [5.74, 6) is 0.927. The number of amides is 1. The third kappa shape index (κ3) is 8.40. The quantitative estimate of drug-likeness (QED) is 0.296. The van der Waals surface area contributed by atoms with Gasteiger partial charge in [-0.3, -0.25) is 4.79 Å². The van der Waals surface area contributed by atoms with Gasteiger partial charge in [0.1, 0.15) is 11.4 Å². The van der Waals surface area contributed by atoms with Crippen LogP contribution in [0.2, 0.25) is 0 Å². The summed E-state index contributed by atoms with van der Waals surface area (Å²) in [4.78, 5) is 14.9. The van der Waals surface area contributed by atoms with Crippen molar-refractivity contribution >= 4 is 5.91 Å². The molecule has 1 aliphatic rings. The molecule has 39 heavy (non-hydrogen) atoms. The first kappa shape index (κ1) is 28.8. The van der Waals surface area contributed by atoms with Gasteiger partial charge in [-0.05, 0) is 130 Å². The van der Waals surface area contributed by atoms with Crippen molar-refractivity contribution in [2.45, 2.75) is 65.5 Å². The number of nitrogens with zero attached hydrogens (tertiary/aromatic N) is 1. The summed E-state index contributed by atoms with van der Waals surface area (Å²) in [5, 5.41) is 12.7. The Bertz CT molecular complexity index is 1260. The van der Waals surface area contributed by atoms with Gasteiger partial charge in [-0.25, -0.2) is 4.39 Å². The zero-order valence-corrected chi connectivity index (χ0v) is 23.9. The second-order valence-corrected chi connectivity index (χ2v) is 11.8. The Kier molecular flexibility index (Phi) is 9.45. The normalized spacial score (nSPS) is 14.9. The number of carbonyl (C=O) groups excluding carboxylic acids is 1. The Hall–Kier alpha value is -3.18. The number of halogens is 1. The van der Waals surface area contributed by atoms with Crippen LogP contribution in [-0.4, -0.2) is 47.8 Å². The number of alkyl halides is 1. The highest BCUT2D eigenvalue weighted by atomic mass is 19.1. The Labute approximate surface area is 233 Å². The molecule has 5 heteroatoms. The van der Waals surface area contributed by atoms with E-state index < -0.39 is 5.67 Å². The van der Waals surface area contributed by atoms with Crippen LogP contribution in [0.5, 0.6) is 5.75 Å². The third-order valence-electron chi connectivity index (χ3n) is 7.86. The maximum absolute atomic E-state index is 13.9. The van der Waals surface area contributed by atoms with E-state index in [4.69, 9.17) is 0 Å². The third-order valence-corrected chi connectivity index (χ3v) is 7.86. The van der Waals surface area contributed by atoms with Gasteiger partial charge in [0.2, 0.25) is 0 Å².